The van der Waals surface area contributed by atoms with Crippen LogP contribution >= 0.6 is 0 Å². The lowest BCUT2D eigenvalue weighted by atomic mass is 10.0. The van der Waals surface area contributed by atoms with Crippen molar-refractivity contribution in [3.63, 3.8) is 0 Å². The SMILES string of the molecule is CCOCC(C)(N)c1noc(-c2ccc(F)cc2C)n1. The molecule has 2 rings (SSSR count). The van der Waals surface area contributed by atoms with E-state index >= 15 is 0 Å². The van der Waals surface area contributed by atoms with Gasteiger partial charge in [0.1, 0.15) is 11.4 Å². The van der Waals surface area contributed by atoms with E-state index in [1.54, 1.807) is 19.9 Å². The number of hydrogen-bond acceptors (Lipinski definition) is 5. The summed E-state index contributed by atoms with van der Waals surface area (Å²) in [6.45, 7) is 6.30. The maximum atomic E-state index is 13.1. The third-order valence-electron chi connectivity index (χ3n) is 2.96. The predicted octanol–water partition coefficient (Wildman–Crippen LogP) is 2.39. The number of aryl methyl sites for hydroxylation is 1. The molecular weight excluding hydrogens is 261 g/mol. The number of nitrogens with zero attached hydrogens (tertiary/aromatic N) is 2. The zero-order valence-electron chi connectivity index (χ0n) is 11.8. The van der Waals surface area contributed by atoms with Gasteiger partial charge in [0.25, 0.3) is 5.89 Å². The van der Waals surface area contributed by atoms with E-state index in [9.17, 15) is 4.39 Å². The molecule has 5 nitrogen and oxygen atoms in total. The first-order chi connectivity index (χ1) is 9.44. The van der Waals surface area contributed by atoms with E-state index in [-0.39, 0.29) is 5.82 Å². The van der Waals surface area contributed by atoms with E-state index < -0.39 is 5.54 Å². The van der Waals surface area contributed by atoms with Crippen LogP contribution in [0.4, 0.5) is 4.39 Å². The summed E-state index contributed by atoms with van der Waals surface area (Å²) in [5, 5.41) is 3.90. The van der Waals surface area contributed by atoms with Crippen LogP contribution in [0.2, 0.25) is 0 Å². The zero-order chi connectivity index (χ0) is 14.8. The van der Waals surface area contributed by atoms with Crippen molar-refractivity contribution in [2.24, 2.45) is 5.73 Å². The predicted molar refractivity (Wildman–Crippen MR) is 72.5 cm³/mol. The maximum Gasteiger partial charge on any atom is 0.258 e. The van der Waals surface area contributed by atoms with Crippen molar-refractivity contribution in [2.45, 2.75) is 26.3 Å². The van der Waals surface area contributed by atoms with Crippen molar-refractivity contribution >= 4 is 0 Å². The van der Waals surface area contributed by atoms with Crippen molar-refractivity contribution in [1.82, 2.24) is 10.1 Å². The van der Waals surface area contributed by atoms with E-state index in [1.807, 2.05) is 6.92 Å². The standard InChI is InChI=1S/C14H18FN3O2/c1-4-19-8-14(3,16)13-17-12(20-18-13)11-6-5-10(15)7-9(11)2/h5-7H,4,8,16H2,1-3H3. The molecule has 1 atom stereocenters. The van der Waals surface area contributed by atoms with Crippen molar-refractivity contribution in [1.29, 1.82) is 0 Å². The number of aromatic nitrogens is 2. The highest BCUT2D eigenvalue weighted by Crippen LogP contribution is 2.24. The monoisotopic (exact) mass is 279 g/mol. The molecule has 0 aliphatic heterocycles. The summed E-state index contributed by atoms with van der Waals surface area (Å²) in [5.74, 6) is 0.390. The number of halogens is 1. The van der Waals surface area contributed by atoms with Gasteiger partial charge >= 0.3 is 0 Å². The second-order valence-corrected chi connectivity index (χ2v) is 4.94. The summed E-state index contributed by atoms with van der Waals surface area (Å²) in [6.07, 6.45) is 0. The van der Waals surface area contributed by atoms with Crippen LogP contribution in [-0.2, 0) is 10.3 Å². The minimum absolute atomic E-state index is 0.297. The highest BCUT2D eigenvalue weighted by molar-refractivity contribution is 5.58. The fourth-order valence-corrected chi connectivity index (χ4v) is 1.81. The van der Waals surface area contributed by atoms with Crippen molar-refractivity contribution in [3.8, 4) is 11.5 Å². The number of rotatable bonds is 5. The second-order valence-electron chi connectivity index (χ2n) is 4.94. The topological polar surface area (TPSA) is 74.2 Å². The molecule has 1 heterocycles. The Balaban J connectivity index is 2.28. The highest BCUT2D eigenvalue weighted by Gasteiger charge is 2.28. The van der Waals surface area contributed by atoms with Crippen LogP contribution in [0.3, 0.4) is 0 Å². The number of benzene rings is 1. The fourth-order valence-electron chi connectivity index (χ4n) is 1.81. The molecule has 0 fully saturated rings. The van der Waals surface area contributed by atoms with Gasteiger partial charge in [-0.25, -0.2) is 4.39 Å². The summed E-state index contributed by atoms with van der Waals surface area (Å²) >= 11 is 0. The van der Waals surface area contributed by atoms with Crippen LogP contribution in [0.1, 0.15) is 25.2 Å². The third kappa shape index (κ3) is 3.02. The van der Waals surface area contributed by atoms with Gasteiger partial charge in [0.2, 0.25) is 0 Å². The van der Waals surface area contributed by atoms with Gasteiger partial charge in [-0.1, -0.05) is 5.16 Å². The molecule has 108 valence electrons. The smallest absolute Gasteiger partial charge is 0.258 e. The van der Waals surface area contributed by atoms with Crippen LogP contribution < -0.4 is 5.73 Å². The lowest BCUT2D eigenvalue weighted by molar-refractivity contribution is 0.0962. The van der Waals surface area contributed by atoms with Crippen LogP contribution in [-0.4, -0.2) is 23.4 Å². The lowest BCUT2D eigenvalue weighted by Gasteiger charge is -2.19. The van der Waals surface area contributed by atoms with Crippen LogP contribution in [0.5, 0.6) is 0 Å². The molecule has 1 unspecified atom stereocenters. The average Bonchev–Trinajstić information content (AvgIpc) is 2.86. The third-order valence-corrected chi connectivity index (χ3v) is 2.96. The van der Waals surface area contributed by atoms with E-state index in [4.69, 9.17) is 15.0 Å². The number of hydrogen-bond donors (Lipinski definition) is 1. The Labute approximate surface area is 116 Å². The normalized spacial score (nSPS) is 14.2. The first-order valence-electron chi connectivity index (χ1n) is 6.41. The summed E-state index contributed by atoms with van der Waals surface area (Å²) in [4.78, 5) is 4.29. The Kier molecular flexibility index (Phi) is 4.15. The maximum absolute atomic E-state index is 13.1. The quantitative estimate of drug-likeness (QED) is 0.909. The molecule has 6 heteroatoms. The van der Waals surface area contributed by atoms with Gasteiger partial charge in [0.05, 0.1) is 6.61 Å². The molecule has 0 radical (unpaired) electrons. The molecular formula is C14H18FN3O2. The zero-order valence-corrected chi connectivity index (χ0v) is 11.8. The first kappa shape index (κ1) is 14.6. The van der Waals surface area contributed by atoms with E-state index in [2.05, 4.69) is 10.1 Å². The van der Waals surface area contributed by atoms with Gasteiger partial charge in [-0.3, -0.25) is 0 Å². The van der Waals surface area contributed by atoms with Gasteiger partial charge < -0.3 is 15.0 Å². The molecule has 0 aliphatic carbocycles. The molecule has 20 heavy (non-hydrogen) atoms. The molecule has 1 aromatic heterocycles. The Bertz CT molecular complexity index is 596. The number of ether oxygens (including phenoxy) is 1. The van der Waals surface area contributed by atoms with E-state index in [0.717, 1.165) is 5.56 Å². The molecule has 2 N–H and O–H groups in total. The molecule has 0 saturated carbocycles. The number of nitrogens with two attached hydrogens (primary N) is 1. The highest BCUT2D eigenvalue weighted by atomic mass is 19.1. The minimum atomic E-state index is -0.828. The molecule has 1 aromatic carbocycles. The minimum Gasteiger partial charge on any atom is -0.379 e. The Morgan fingerprint density at radius 1 is 1.45 bits per heavy atom. The van der Waals surface area contributed by atoms with Gasteiger partial charge in [-0.15, -0.1) is 0 Å². The fraction of sp³-hybridized carbons (Fsp3) is 0.429. The largest absolute Gasteiger partial charge is 0.379 e. The van der Waals surface area contributed by atoms with Crippen LogP contribution in [0.25, 0.3) is 11.5 Å². The average molecular weight is 279 g/mol. The molecule has 0 saturated heterocycles. The van der Waals surface area contributed by atoms with Gasteiger partial charge in [0.15, 0.2) is 5.82 Å². The molecule has 0 bridgehead atoms. The van der Waals surface area contributed by atoms with Crippen LogP contribution in [0.15, 0.2) is 22.7 Å². The van der Waals surface area contributed by atoms with Gasteiger partial charge in [-0.2, -0.15) is 4.98 Å². The second kappa shape index (κ2) is 5.68. The first-order valence-corrected chi connectivity index (χ1v) is 6.41. The molecule has 0 amide bonds. The summed E-state index contributed by atoms with van der Waals surface area (Å²) in [5.41, 5.74) is 6.70. The Hall–Kier alpha value is -1.79. The van der Waals surface area contributed by atoms with Crippen molar-refractivity contribution < 1.29 is 13.7 Å². The van der Waals surface area contributed by atoms with Crippen molar-refractivity contribution in [2.75, 3.05) is 13.2 Å². The van der Waals surface area contributed by atoms with Crippen LogP contribution in [0, 0.1) is 12.7 Å². The summed E-state index contributed by atoms with van der Waals surface area (Å²) in [7, 11) is 0. The molecule has 0 aliphatic rings. The Morgan fingerprint density at radius 2 is 2.20 bits per heavy atom. The van der Waals surface area contributed by atoms with E-state index in [1.165, 1.54) is 12.1 Å². The van der Waals surface area contributed by atoms with Crippen molar-refractivity contribution in [3.05, 3.63) is 35.4 Å². The summed E-state index contributed by atoms with van der Waals surface area (Å²) in [6, 6.07) is 4.38. The van der Waals surface area contributed by atoms with Gasteiger partial charge in [0, 0.05) is 12.2 Å². The molecule has 2 aromatic rings. The summed E-state index contributed by atoms with van der Waals surface area (Å²) < 4.78 is 23.6. The Morgan fingerprint density at radius 3 is 2.85 bits per heavy atom. The lowest BCUT2D eigenvalue weighted by Crippen LogP contribution is -2.39. The molecule has 0 spiro atoms. The van der Waals surface area contributed by atoms with Gasteiger partial charge in [-0.05, 0) is 44.5 Å². The van der Waals surface area contributed by atoms with E-state index in [0.29, 0.717) is 30.5 Å².